The summed E-state index contributed by atoms with van der Waals surface area (Å²) < 4.78 is 5.72. The molecule has 2 rings (SSSR count). The Kier molecular flexibility index (Phi) is 4.71. The molecule has 1 aliphatic carbocycles. The maximum atomic E-state index is 5.72. The van der Waals surface area contributed by atoms with Gasteiger partial charge >= 0.3 is 0 Å². The molecular formula is C13H20N2OS. The average Bonchev–Trinajstić information content (AvgIpc) is 3.16. The Morgan fingerprint density at radius 3 is 2.65 bits per heavy atom. The monoisotopic (exact) mass is 252 g/mol. The number of hydrogen-bond donors (Lipinski definition) is 2. The quantitative estimate of drug-likeness (QED) is 0.578. The molecule has 0 aliphatic heterocycles. The summed E-state index contributed by atoms with van der Waals surface area (Å²) in [5, 5.41) is 0. The number of rotatable bonds is 7. The van der Waals surface area contributed by atoms with E-state index in [9.17, 15) is 0 Å². The normalized spacial score (nSPS) is 16.8. The van der Waals surface area contributed by atoms with E-state index in [1.54, 1.807) is 0 Å². The van der Waals surface area contributed by atoms with Gasteiger partial charge in [-0.15, -0.1) is 0 Å². The SMILES string of the molecule is CSCCC(NN)c1ccc(OC2CC2)cc1. The van der Waals surface area contributed by atoms with Crippen molar-refractivity contribution in [2.45, 2.75) is 31.4 Å². The molecule has 0 radical (unpaired) electrons. The molecule has 0 aromatic heterocycles. The molecular weight excluding hydrogens is 232 g/mol. The maximum Gasteiger partial charge on any atom is 0.119 e. The van der Waals surface area contributed by atoms with E-state index < -0.39 is 0 Å². The lowest BCUT2D eigenvalue weighted by Gasteiger charge is -2.16. The van der Waals surface area contributed by atoms with Crippen LogP contribution in [0.4, 0.5) is 0 Å². The summed E-state index contributed by atoms with van der Waals surface area (Å²) >= 11 is 1.84. The van der Waals surface area contributed by atoms with Gasteiger partial charge in [-0.3, -0.25) is 11.3 Å². The van der Waals surface area contributed by atoms with Crippen molar-refractivity contribution in [2.75, 3.05) is 12.0 Å². The van der Waals surface area contributed by atoms with Gasteiger partial charge in [-0.05, 0) is 49.0 Å². The first-order chi connectivity index (χ1) is 8.33. The van der Waals surface area contributed by atoms with Crippen molar-refractivity contribution in [3.63, 3.8) is 0 Å². The van der Waals surface area contributed by atoms with Gasteiger partial charge in [0.2, 0.25) is 0 Å². The molecule has 0 bridgehead atoms. The minimum Gasteiger partial charge on any atom is -0.490 e. The van der Waals surface area contributed by atoms with E-state index in [-0.39, 0.29) is 6.04 Å². The molecule has 3 N–H and O–H groups in total. The van der Waals surface area contributed by atoms with E-state index in [2.05, 4.69) is 23.8 Å². The molecule has 1 atom stereocenters. The van der Waals surface area contributed by atoms with Crippen LogP contribution in [0.25, 0.3) is 0 Å². The molecule has 1 fully saturated rings. The molecule has 0 spiro atoms. The highest BCUT2D eigenvalue weighted by Crippen LogP contribution is 2.28. The van der Waals surface area contributed by atoms with E-state index >= 15 is 0 Å². The third kappa shape index (κ3) is 3.91. The van der Waals surface area contributed by atoms with Crippen molar-refractivity contribution in [1.29, 1.82) is 0 Å². The molecule has 94 valence electrons. The number of hydrazine groups is 1. The highest BCUT2D eigenvalue weighted by molar-refractivity contribution is 7.98. The summed E-state index contributed by atoms with van der Waals surface area (Å²) in [5.74, 6) is 7.66. The average molecular weight is 252 g/mol. The molecule has 1 aromatic carbocycles. The second kappa shape index (κ2) is 6.28. The Labute approximate surface area is 107 Å². The van der Waals surface area contributed by atoms with Crippen molar-refractivity contribution < 1.29 is 4.74 Å². The van der Waals surface area contributed by atoms with Gasteiger partial charge in [-0.2, -0.15) is 11.8 Å². The molecule has 1 unspecified atom stereocenters. The van der Waals surface area contributed by atoms with Gasteiger partial charge in [0.15, 0.2) is 0 Å². The number of nitrogens with two attached hydrogens (primary N) is 1. The summed E-state index contributed by atoms with van der Waals surface area (Å²) in [5.41, 5.74) is 4.10. The summed E-state index contributed by atoms with van der Waals surface area (Å²) in [4.78, 5) is 0. The number of benzene rings is 1. The third-order valence-corrected chi connectivity index (χ3v) is 3.57. The Morgan fingerprint density at radius 2 is 2.12 bits per heavy atom. The van der Waals surface area contributed by atoms with Crippen molar-refractivity contribution in [3.8, 4) is 5.75 Å². The zero-order chi connectivity index (χ0) is 12.1. The minimum absolute atomic E-state index is 0.234. The Hall–Kier alpha value is -0.710. The van der Waals surface area contributed by atoms with Crippen molar-refractivity contribution in [2.24, 2.45) is 5.84 Å². The molecule has 0 amide bonds. The number of thioether (sulfide) groups is 1. The molecule has 1 aromatic rings. The standard InChI is InChI=1S/C13H20N2OS/c1-17-9-8-13(15-14)10-2-4-11(5-3-10)16-12-6-7-12/h2-5,12-13,15H,6-9,14H2,1H3. The van der Waals surface area contributed by atoms with Gasteiger partial charge in [0, 0.05) is 6.04 Å². The summed E-state index contributed by atoms with van der Waals surface area (Å²) in [6, 6.07) is 8.51. The lowest BCUT2D eigenvalue weighted by Crippen LogP contribution is -2.28. The highest BCUT2D eigenvalue weighted by Gasteiger charge is 2.23. The summed E-state index contributed by atoms with van der Waals surface area (Å²) in [6.45, 7) is 0. The maximum absolute atomic E-state index is 5.72. The lowest BCUT2D eigenvalue weighted by molar-refractivity contribution is 0.303. The van der Waals surface area contributed by atoms with Crippen LogP contribution in [0.3, 0.4) is 0 Å². The lowest BCUT2D eigenvalue weighted by atomic mass is 10.1. The van der Waals surface area contributed by atoms with E-state index in [1.807, 2.05) is 23.9 Å². The second-order valence-corrected chi connectivity index (χ2v) is 5.37. The van der Waals surface area contributed by atoms with Crippen molar-refractivity contribution in [3.05, 3.63) is 29.8 Å². The zero-order valence-electron chi connectivity index (χ0n) is 10.2. The van der Waals surface area contributed by atoms with Gasteiger partial charge in [0.05, 0.1) is 6.10 Å². The van der Waals surface area contributed by atoms with E-state index in [0.717, 1.165) is 17.9 Å². The Morgan fingerprint density at radius 1 is 1.41 bits per heavy atom. The molecule has 0 saturated heterocycles. The first-order valence-corrected chi connectivity index (χ1v) is 7.44. The minimum atomic E-state index is 0.234. The van der Waals surface area contributed by atoms with Gasteiger partial charge in [0.1, 0.15) is 5.75 Å². The van der Waals surface area contributed by atoms with E-state index in [4.69, 9.17) is 10.6 Å². The fraction of sp³-hybridized carbons (Fsp3) is 0.538. The number of hydrogen-bond acceptors (Lipinski definition) is 4. The molecule has 0 heterocycles. The largest absolute Gasteiger partial charge is 0.490 e. The van der Waals surface area contributed by atoms with E-state index in [1.165, 1.54) is 18.4 Å². The number of ether oxygens (including phenoxy) is 1. The molecule has 3 nitrogen and oxygen atoms in total. The second-order valence-electron chi connectivity index (χ2n) is 4.39. The fourth-order valence-electron chi connectivity index (χ4n) is 1.74. The predicted molar refractivity (Wildman–Crippen MR) is 73.2 cm³/mol. The smallest absolute Gasteiger partial charge is 0.119 e. The van der Waals surface area contributed by atoms with Crippen LogP contribution in [-0.2, 0) is 0 Å². The highest BCUT2D eigenvalue weighted by atomic mass is 32.2. The van der Waals surface area contributed by atoms with Gasteiger partial charge in [0.25, 0.3) is 0 Å². The number of nitrogens with one attached hydrogen (secondary N) is 1. The summed E-state index contributed by atoms with van der Waals surface area (Å²) in [7, 11) is 0. The predicted octanol–water partition coefficient (Wildman–Crippen LogP) is 2.49. The van der Waals surface area contributed by atoms with Crippen LogP contribution >= 0.6 is 11.8 Å². The van der Waals surface area contributed by atoms with Crippen LogP contribution in [0.15, 0.2) is 24.3 Å². The van der Waals surface area contributed by atoms with Crippen LogP contribution in [-0.4, -0.2) is 18.1 Å². The van der Waals surface area contributed by atoms with E-state index in [0.29, 0.717) is 6.10 Å². The third-order valence-electron chi connectivity index (χ3n) is 2.92. The zero-order valence-corrected chi connectivity index (χ0v) is 11.0. The van der Waals surface area contributed by atoms with Gasteiger partial charge < -0.3 is 4.74 Å². The topological polar surface area (TPSA) is 47.3 Å². The van der Waals surface area contributed by atoms with Crippen LogP contribution in [0.2, 0.25) is 0 Å². The molecule has 4 heteroatoms. The first-order valence-electron chi connectivity index (χ1n) is 6.05. The Balaban J connectivity index is 1.93. The van der Waals surface area contributed by atoms with Gasteiger partial charge in [-0.25, -0.2) is 0 Å². The van der Waals surface area contributed by atoms with Crippen LogP contribution < -0.4 is 16.0 Å². The van der Waals surface area contributed by atoms with Crippen LogP contribution in [0.1, 0.15) is 30.9 Å². The molecule has 1 aliphatic rings. The Bertz CT molecular complexity index is 338. The van der Waals surface area contributed by atoms with Gasteiger partial charge in [-0.1, -0.05) is 12.1 Å². The van der Waals surface area contributed by atoms with Crippen LogP contribution in [0.5, 0.6) is 5.75 Å². The molecule has 1 saturated carbocycles. The first kappa shape index (κ1) is 12.7. The van der Waals surface area contributed by atoms with Crippen LogP contribution in [0, 0.1) is 0 Å². The molecule has 17 heavy (non-hydrogen) atoms. The van der Waals surface area contributed by atoms with Crippen molar-refractivity contribution >= 4 is 11.8 Å². The fourth-order valence-corrected chi connectivity index (χ4v) is 2.21. The summed E-state index contributed by atoms with van der Waals surface area (Å²) in [6.07, 6.45) is 6.01. The van der Waals surface area contributed by atoms with Crippen molar-refractivity contribution in [1.82, 2.24) is 5.43 Å².